The number of hydrogen-bond donors (Lipinski definition) is 4. The van der Waals surface area contributed by atoms with Gasteiger partial charge in [0.05, 0.1) is 23.8 Å². The number of carbonyl (C=O) groups excluding carboxylic acids is 1. The smallest absolute Gasteiger partial charge is 0.209 e. The second kappa shape index (κ2) is 10.6. The number of thiol groups is 1. The highest BCUT2D eigenvalue weighted by molar-refractivity contribution is 7.80. The van der Waals surface area contributed by atoms with Crippen LogP contribution in [-0.2, 0) is 17.6 Å². The summed E-state index contributed by atoms with van der Waals surface area (Å²) in [6, 6.07) is 3.64. The minimum absolute atomic E-state index is 0.372. The summed E-state index contributed by atoms with van der Waals surface area (Å²) < 4.78 is 5.44. The molecule has 3 aromatic rings. The molecular formula is C23H31N5O3S2. The number of ether oxygens (including phenoxy) is 1. The van der Waals surface area contributed by atoms with E-state index >= 15 is 0 Å². The average Bonchev–Trinajstić information content (AvgIpc) is 3.15. The van der Waals surface area contributed by atoms with E-state index in [1.165, 1.54) is 28.2 Å². The lowest BCUT2D eigenvalue weighted by Crippen LogP contribution is -2.35. The summed E-state index contributed by atoms with van der Waals surface area (Å²) >= 11 is 6.19. The normalized spacial score (nSPS) is 13.0. The van der Waals surface area contributed by atoms with E-state index in [2.05, 4.69) is 27.9 Å². The van der Waals surface area contributed by atoms with Crippen LogP contribution < -0.4 is 15.8 Å². The van der Waals surface area contributed by atoms with Crippen LogP contribution in [0.25, 0.3) is 10.2 Å². The number of hydrogen-bond acceptors (Lipinski definition) is 9. The van der Waals surface area contributed by atoms with Gasteiger partial charge in [-0.05, 0) is 51.2 Å². The fourth-order valence-corrected chi connectivity index (χ4v) is 5.23. The lowest BCUT2D eigenvalue weighted by molar-refractivity contribution is -0.119. The third-order valence-corrected chi connectivity index (χ3v) is 6.76. The van der Waals surface area contributed by atoms with Crippen LogP contribution in [0.2, 0.25) is 0 Å². The number of rotatable bonds is 6. The molecule has 0 spiro atoms. The van der Waals surface area contributed by atoms with Gasteiger partial charge >= 0.3 is 0 Å². The van der Waals surface area contributed by atoms with E-state index in [0.29, 0.717) is 29.3 Å². The van der Waals surface area contributed by atoms with Crippen LogP contribution in [0, 0.1) is 0 Å². The van der Waals surface area contributed by atoms with E-state index in [1.807, 2.05) is 6.07 Å². The standard InChI is InChI=1S/C17H18N4OS2.C6H13NO2/c1-22-12-6-10(18)13(23)7-11(12)21-16-15-9-4-2-3-5-14(9)24-17(15)20-8-19-16;1-6(2,9)4-7(3)5-8/h6-8,23H,2-5,18H2,1H3,(H,19,20,21);5,9H,4H2,1-3H3. The molecule has 10 heteroatoms. The van der Waals surface area contributed by atoms with E-state index in [9.17, 15) is 4.79 Å². The van der Waals surface area contributed by atoms with Crippen molar-refractivity contribution in [2.75, 3.05) is 31.8 Å². The molecule has 0 atom stereocenters. The number of nitrogen functional groups attached to an aromatic ring is 1. The minimum atomic E-state index is -0.782. The van der Waals surface area contributed by atoms with Gasteiger partial charge < -0.3 is 25.8 Å². The van der Waals surface area contributed by atoms with Crippen molar-refractivity contribution in [2.45, 2.75) is 50.0 Å². The maximum Gasteiger partial charge on any atom is 0.209 e. The number of likely N-dealkylation sites (N-methyl/N-ethyl adjacent to an activating group) is 1. The van der Waals surface area contributed by atoms with E-state index in [1.54, 1.807) is 51.7 Å². The fraction of sp³-hybridized carbons (Fsp3) is 0.435. The van der Waals surface area contributed by atoms with Crippen LogP contribution >= 0.6 is 24.0 Å². The monoisotopic (exact) mass is 489 g/mol. The molecular weight excluding hydrogens is 458 g/mol. The first-order valence-corrected chi connectivity index (χ1v) is 12.0. The van der Waals surface area contributed by atoms with Crippen LogP contribution in [-0.4, -0.2) is 52.7 Å². The highest BCUT2D eigenvalue weighted by atomic mass is 32.1. The Morgan fingerprint density at radius 1 is 1.33 bits per heavy atom. The van der Waals surface area contributed by atoms with Gasteiger partial charge in [-0.3, -0.25) is 4.79 Å². The van der Waals surface area contributed by atoms with Gasteiger partial charge in [0.15, 0.2) is 0 Å². The molecule has 0 saturated carbocycles. The summed E-state index contributed by atoms with van der Waals surface area (Å²) in [5, 5.41) is 13.7. The Kier molecular flexibility index (Phi) is 8.04. The Hall–Kier alpha value is -2.56. The van der Waals surface area contributed by atoms with Crippen LogP contribution in [0.5, 0.6) is 5.75 Å². The predicted octanol–water partition coefficient (Wildman–Crippen LogP) is 4.04. The number of benzene rings is 1. The third kappa shape index (κ3) is 6.27. The van der Waals surface area contributed by atoms with Crippen LogP contribution in [0.3, 0.4) is 0 Å². The molecule has 1 aromatic carbocycles. The quantitative estimate of drug-likeness (QED) is 0.235. The number of thiophene rings is 1. The molecule has 178 valence electrons. The molecule has 0 bridgehead atoms. The first-order chi connectivity index (χ1) is 15.6. The Bertz CT molecular complexity index is 1130. The number of aliphatic hydroxyl groups is 1. The fourth-order valence-electron chi connectivity index (χ4n) is 3.81. The van der Waals surface area contributed by atoms with E-state index in [-0.39, 0.29) is 0 Å². The molecule has 4 rings (SSSR count). The molecule has 1 aliphatic rings. The number of nitrogens with zero attached hydrogens (tertiary/aromatic N) is 3. The molecule has 0 unspecified atom stereocenters. The Labute approximate surface area is 203 Å². The predicted molar refractivity (Wildman–Crippen MR) is 137 cm³/mol. The Balaban J connectivity index is 0.000000292. The second-order valence-corrected chi connectivity index (χ2v) is 10.2. The number of nitrogens with one attached hydrogen (secondary N) is 1. The summed E-state index contributed by atoms with van der Waals surface area (Å²) in [5.74, 6) is 1.48. The maximum absolute atomic E-state index is 10.00. The van der Waals surface area contributed by atoms with Crippen molar-refractivity contribution in [3.63, 3.8) is 0 Å². The van der Waals surface area contributed by atoms with Gasteiger partial charge in [0.2, 0.25) is 6.41 Å². The van der Waals surface area contributed by atoms with Gasteiger partial charge in [-0.2, -0.15) is 0 Å². The number of fused-ring (bicyclic) bond motifs is 3. The van der Waals surface area contributed by atoms with Gasteiger partial charge in [0, 0.05) is 35.1 Å². The number of nitrogens with two attached hydrogens (primary N) is 1. The number of carbonyl (C=O) groups is 1. The van der Waals surface area contributed by atoms with Crippen molar-refractivity contribution in [1.82, 2.24) is 14.9 Å². The molecule has 1 aliphatic carbocycles. The van der Waals surface area contributed by atoms with Gasteiger partial charge in [-0.1, -0.05) is 0 Å². The molecule has 0 radical (unpaired) electrons. The largest absolute Gasteiger partial charge is 0.494 e. The molecule has 0 saturated heterocycles. The second-order valence-electron chi connectivity index (χ2n) is 8.68. The van der Waals surface area contributed by atoms with Crippen molar-refractivity contribution < 1.29 is 14.6 Å². The summed E-state index contributed by atoms with van der Waals surface area (Å²) in [6.45, 7) is 3.69. The summed E-state index contributed by atoms with van der Waals surface area (Å²) in [6.07, 6.45) is 7.01. The lowest BCUT2D eigenvalue weighted by Gasteiger charge is -2.21. The van der Waals surface area contributed by atoms with E-state index < -0.39 is 5.60 Å². The number of anilines is 3. The molecule has 2 heterocycles. The summed E-state index contributed by atoms with van der Waals surface area (Å²) in [7, 11) is 3.26. The number of aromatic nitrogens is 2. The summed E-state index contributed by atoms with van der Waals surface area (Å²) in [4.78, 5) is 23.5. The zero-order valence-corrected chi connectivity index (χ0v) is 21.1. The Morgan fingerprint density at radius 2 is 2.06 bits per heavy atom. The minimum Gasteiger partial charge on any atom is -0.494 e. The van der Waals surface area contributed by atoms with E-state index in [4.69, 9.17) is 15.6 Å². The average molecular weight is 490 g/mol. The van der Waals surface area contributed by atoms with Crippen molar-refractivity contribution in [3.8, 4) is 5.75 Å². The molecule has 1 amide bonds. The lowest BCUT2D eigenvalue weighted by atomic mass is 9.97. The molecule has 8 nitrogen and oxygen atoms in total. The molecule has 0 fully saturated rings. The van der Waals surface area contributed by atoms with Gasteiger partial charge in [-0.25, -0.2) is 9.97 Å². The van der Waals surface area contributed by atoms with Crippen molar-refractivity contribution in [2.24, 2.45) is 0 Å². The SMILES string of the molecule is CN(C=O)CC(C)(C)O.COc1cc(N)c(S)cc1Nc1ncnc2sc3c(c12)CCCC3. The number of amides is 1. The molecule has 33 heavy (non-hydrogen) atoms. The number of aryl methyl sites for hydroxylation is 2. The Morgan fingerprint density at radius 3 is 2.70 bits per heavy atom. The molecule has 0 aliphatic heterocycles. The maximum atomic E-state index is 10.00. The van der Waals surface area contributed by atoms with Crippen LogP contribution in [0.4, 0.5) is 17.2 Å². The van der Waals surface area contributed by atoms with E-state index in [0.717, 1.165) is 34.6 Å². The molecule has 4 N–H and O–H groups in total. The number of methoxy groups -OCH3 is 1. The van der Waals surface area contributed by atoms with Gasteiger partial charge in [0.1, 0.15) is 22.7 Å². The van der Waals surface area contributed by atoms with Crippen molar-refractivity contribution >= 4 is 57.8 Å². The third-order valence-electron chi connectivity index (χ3n) is 5.17. The van der Waals surface area contributed by atoms with Gasteiger partial charge in [-0.15, -0.1) is 24.0 Å². The molecule has 2 aromatic heterocycles. The highest BCUT2D eigenvalue weighted by Crippen LogP contribution is 2.40. The van der Waals surface area contributed by atoms with Gasteiger partial charge in [0.25, 0.3) is 0 Å². The topological polar surface area (TPSA) is 114 Å². The highest BCUT2D eigenvalue weighted by Gasteiger charge is 2.20. The summed E-state index contributed by atoms with van der Waals surface area (Å²) in [5.41, 5.74) is 7.91. The van der Waals surface area contributed by atoms with Crippen LogP contribution in [0.1, 0.15) is 37.1 Å². The zero-order chi connectivity index (χ0) is 24.2. The van der Waals surface area contributed by atoms with Crippen molar-refractivity contribution in [3.05, 3.63) is 28.9 Å². The van der Waals surface area contributed by atoms with Crippen LogP contribution in [0.15, 0.2) is 23.4 Å². The first kappa shape index (κ1) is 25.1. The zero-order valence-electron chi connectivity index (χ0n) is 19.4. The van der Waals surface area contributed by atoms with Crippen molar-refractivity contribution in [1.29, 1.82) is 0 Å². The first-order valence-electron chi connectivity index (χ1n) is 10.7.